The zero-order valence-electron chi connectivity index (χ0n) is 13.0. The Morgan fingerprint density at radius 3 is 2.56 bits per heavy atom. The van der Waals surface area contributed by atoms with Gasteiger partial charge in [-0.2, -0.15) is 5.10 Å². The van der Waals surface area contributed by atoms with Crippen LogP contribution >= 0.6 is 35.6 Å². The van der Waals surface area contributed by atoms with Crippen LogP contribution in [0.4, 0.5) is 0 Å². The molecule has 4 aromatic rings. The summed E-state index contributed by atoms with van der Waals surface area (Å²) in [6, 6.07) is 17.8. The zero-order valence-corrected chi connectivity index (χ0v) is 15.4. The van der Waals surface area contributed by atoms with Crippen LogP contribution in [0.2, 0.25) is 5.02 Å². The molecular formula is C18H13ClN4S2. The Morgan fingerprint density at radius 1 is 1.04 bits per heavy atom. The second-order valence-corrected chi connectivity index (χ2v) is 7.26. The number of hydrogen-bond donors (Lipinski definition) is 2. The van der Waals surface area contributed by atoms with Crippen LogP contribution in [0.3, 0.4) is 0 Å². The quantitative estimate of drug-likeness (QED) is 0.353. The van der Waals surface area contributed by atoms with Crippen LogP contribution in [-0.2, 0) is 5.75 Å². The van der Waals surface area contributed by atoms with Crippen LogP contribution in [-0.4, -0.2) is 20.2 Å². The van der Waals surface area contributed by atoms with Gasteiger partial charge in [0.25, 0.3) is 0 Å². The van der Waals surface area contributed by atoms with Gasteiger partial charge in [-0.15, -0.1) is 0 Å². The van der Waals surface area contributed by atoms with Crippen molar-refractivity contribution in [2.45, 2.75) is 10.8 Å². The third-order valence-corrected chi connectivity index (χ3v) is 5.31. The highest BCUT2D eigenvalue weighted by Crippen LogP contribution is 2.29. The molecule has 0 unspecified atom stereocenters. The number of halogens is 1. The van der Waals surface area contributed by atoms with Crippen LogP contribution in [0.15, 0.2) is 59.6 Å². The van der Waals surface area contributed by atoms with Gasteiger partial charge in [-0.05, 0) is 17.7 Å². The Labute approximate surface area is 158 Å². The molecule has 2 aromatic heterocycles. The summed E-state index contributed by atoms with van der Waals surface area (Å²) < 4.78 is 0.532. The third kappa shape index (κ3) is 3.46. The van der Waals surface area contributed by atoms with Gasteiger partial charge in [-0.3, -0.25) is 5.10 Å². The maximum atomic E-state index is 5.94. The number of nitrogens with one attached hydrogen (secondary N) is 2. The normalized spacial score (nSPS) is 11.1. The van der Waals surface area contributed by atoms with Crippen molar-refractivity contribution in [1.82, 2.24) is 20.2 Å². The second-order valence-electron chi connectivity index (χ2n) is 5.45. The Bertz CT molecular complexity index is 1070. The third-order valence-electron chi connectivity index (χ3n) is 3.73. The molecule has 2 heterocycles. The molecule has 0 fully saturated rings. The minimum Gasteiger partial charge on any atom is -0.336 e. The van der Waals surface area contributed by atoms with Crippen LogP contribution in [0.25, 0.3) is 22.4 Å². The minimum atomic E-state index is 0.532. The maximum Gasteiger partial charge on any atom is 0.147 e. The first-order valence-corrected chi connectivity index (χ1v) is 9.39. The highest BCUT2D eigenvalue weighted by atomic mass is 35.5. The number of hydrogen-bond acceptors (Lipinski definition) is 4. The number of aromatic amines is 2. The van der Waals surface area contributed by atoms with E-state index in [2.05, 4.69) is 20.2 Å². The topological polar surface area (TPSA) is 57.4 Å². The number of aromatic nitrogens is 4. The summed E-state index contributed by atoms with van der Waals surface area (Å²) in [5.74, 6) is 1.57. The standard InChI is InChI=1S/C18H13ClN4S2/c19-13-8-6-11(7-9-13)10-25-18-15-14(17(24)22-23-18)20-16(21-15)12-4-2-1-3-5-12/h1-9H,10H2,(H,20,21)(H,22,24). The highest BCUT2D eigenvalue weighted by molar-refractivity contribution is 7.98. The Kier molecular flexibility index (Phi) is 4.57. The van der Waals surface area contributed by atoms with Crippen molar-refractivity contribution in [3.8, 4) is 11.4 Å². The molecule has 0 amide bonds. The van der Waals surface area contributed by atoms with Crippen molar-refractivity contribution in [3.05, 3.63) is 69.8 Å². The Balaban J connectivity index is 1.69. The van der Waals surface area contributed by atoms with Crippen molar-refractivity contribution < 1.29 is 0 Å². The van der Waals surface area contributed by atoms with Crippen LogP contribution in [0.1, 0.15) is 5.56 Å². The lowest BCUT2D eigenvalue weighted by atomic mass is 10.2. The van der Waals surface area contributed by atoms with Gasteiger partial charge < -0.3 is 4.98 Å². The van der Waals surface area contributed by atoms with E-state index in [1.54, 1.807) is 11.8 Å². The van der Waals surface area contributed by atoms with Crippen molar-refractivity contribution in [1.29, 1.82) is 0 Å². The zero-order chi connectivity index (χ0) is 17.2. The first-order chi connectivity index (χ1) is 12.2. The molecule has 0 radical (unpaired) electrons. The van der Waals surface area contributed by atoms with Gasteiger partial charge in [0, 0.05) is 16.3 Å². The molecule has 0 aliphatic carbocycles. The van der Waals surface area contributed by atoms with Gasteiger partial charge in [-0.25, -0.2) is 4.98 Å². The first kappa shape index (κ1) is 16.3. The van der Waals surface area contributed by atoms with Crippen LogP contribution in [0.5, 0.6) is 0 Å². The van der Waals surface area contributed by atoms with Gasteiger partial charge in [0.2, 0.25) is 0 Å². The van der Waals surface area contributed by atoms with E-state index in [1.807, 2.05) is 54.6 Å². The number of benzene rings is 2. The molecule has 4 rings (SSSR count). The smallest absolute Gasteiger partial charge is 0.147 e. The number of fused-ring (bicyclic) bond motifs is 1. The molecule has 0 atom stereocenters. The average molecular weight is 385 g/mol. The van der Waals surface area contributed by atoms with Gasteiger partial charge in [-0.1, -0.05) is 78.0 Å². The number of rotatable bonds is 4. The number of imidazole rings is 1. The molecule has 2 N–H and O–H groups in total. The maximum absolute atomic E-state index is 5.94. The highest BCUT2D eigenvalue weighted by Gasteiger charge is 2.12. The van der Waals surface area contributed by atoms with Gasteiger partial charge in [0.05, 0.1) is 0 Å². The van der Waals surface area contributed by atoms with Crippen molar-refractivity contribution in [2.75, 3.05) is 0 Å². The van der Waals surface area contributed by atoms with E-state index in [1.165, 1.54) is 5.56 Å². The number of H-pyrrole nitrogens is 2. The van der Waals surface area contributed by atoms with Crippen LogP contribution < -0.4 is 0 Å². The molecule has 0 saturated carbocycles. The Morgan fingerprint density at radius 2 is 1.80 bits per heavy atom. The summed E-state index contributed by atoms with van der Waals surface area (Å²) in [4.78, 5) is 8.01. The van der Waals surface area contributed by atoms with E-state index in [0.717, 1.165) is 38.2 Å². The summed E-state index contributed by atoms with van der Waals surface area (Å²) >= 11 is 12.9. The van der Waals surface area contributed by atoms with E-state index in [0.29, 0.717) is 4.64 Å². The molecule has 0 aliphatic heterocycles. The summed E-state index contributed by atoms with van der Waals surface area (Å²) in [5.41, 5.74) is 3.79. The SMILES string of the molecule is S=c1[nH]nc(SCc2ccc(Cl)cc2)c2[nH]c(-c3ccccc3)nc12. The lowest BCUT2D eigenvalue weighted by Crippen LogP contribution is -1.90. The fourth-order valence-electron chi connectivity index (χ4n) is 2.47. The molecule has 2 aromatic carbocycles. The van der Waals surface area contributed by atoms with Gasteiger partial charge in [0.1, 0.15) is 26.5 Å². The molecule has 0 spiro atoms. The summed E-state index contributed by atoms with van der Waals surface area (Å²) in [6.45, 7) is 0. The molecule has 25 heavy (non-hydrogen) atoms. The lowest BCUT2D eigenvalue weighted by molar-refractivity contribution is 0.939. The molecule has 0 saturated heterocycles. The number of thioether (sulfide) groups is 1. The van der Waals surface area contributed by atoms with Crippen molar-refractivity contribution in [2.24, 2.45) is 0 Å². The minimum absolute atomic E-state index is 0.532. The lowest BCUT2D eigenvalue weighted by Gasteiger charge is -2.02. The summed E-state index contributed by atoms with van der Waals surface area (Å²) in [6.07, 6.45) is 0. The van der Waals surface area contributed by atoms with E-state index in [4.69, 9.17) is 23.8 Å². The molecular weight excluding hydrogens is 372 g/mol. The van der Waals surface area contributed by atoms with Gasteiger partial charge in [0.15, 0.2) is 0 Å². The Hall–Kier alpha value is -2.15. The van der Waals surface area contributed by atoms with E-state index in [-0.39, 0.29) is 0 Å². The largest absolute Gasteiger partial charge is 0.336 e. The van der Waals surface area contributed by atoms with E-state index in [9.17, 15) is 0 Å². The molecule has 0 aliphatic rings. The monoisotopic (exact) mass is 384 g/mol. The van der Waals surface area contributed by atoms with Crippen LogP contribution in [0, 0.1) is 4.64 Å². The predicted octanol–water partition coefficient (Wildman–Crippen LogP) is 5.63. The summed E-state index contributed by atoms with van der Waals surface area (Å²) in [5, 5.41) is 8.85. The van der Waals surface area contributed by atoms with E-state index < -0.39 is 0 Å². The van der Waals surface area contributed by atoms with Gasteiger partial charge >= 0.3 is 0 Å². The van der Waals surface area contributed by atoms with Crippen molar-refractivity contribution >= 4 is 46.6 Å². The van der Waals surface area contributed by atoms with Crippen molar-refractivity contribution in [3.63, 3.8) is 0 Å². The molecule has 7 heteroatoms. The van der Waals surface area contributed by atoms with E-state index >= 15 is 0 Å². The molecule has 124 valence electrons. The first-order valence-electron chi connectivity index (χ1n) is 7.62. The fourth-order valence-corrected chi connectivity index (χ4v) is 3.69. The fraction of sp³-hybridized carbons (Fsp3) is 0.0556. The summed E-state index contributed by atoms with van der Waals surface area (Å²) in [7, 11) is 0. The predicted molar refractivity (Wildman–Crippen MR) is 106 cm³/mol. The molecule has 0 bridgehead atoms. The average Bonchev–Trinajstić information content (AvgIpc) is 3.10. The second kappa shape index (κ2) is 7.00. The molecule has 4 nitrogen and oxygen atoms in total. The number of nitrogens with zero attached hydrogens (tertiary/aromatic N) is 2.